The molecule has 160 valence electrons. The van der Waals surface area contributed by atoms with Crippen molar-refractivity contribution < 1.29 is 4.92 Å². The van der Waals surface area contributed by atoms with Gasteiger partial charge in [0.15, 0.2) is 0 Å². The Kier molecular flexibility index (Phi) is 6.27. The number of thiazole rings is 1. The Bertz CT molecular complexity index is 1260. The van der Waals surface area contributed by atoms with Crippen LogP contribution in [0.3, 0.4) is 0 Å². The highest BCUT2D eigenvalue weighted by molar-refractivity contribution is 7.22. The minimum Gasteiger partial charge on any atom is -0.258 e. The monoisotopic (exact) mass is 444 g/mol. The van der Waals surface area contributed by atoms with E-state index in [1.165, 1.54) is 29.0 Å². The van der Waals surface area contributed by atoms with Gasteiger partial charge in [0.1, 0.15) is 0 Å². The molecule has 0 spiro atoms. The Morgan fingerprint density at radius 3 is 2.41 bits per heavy atom. The predicted molar refractivity (Wildman–Crippen MR) is 128 cm³/mol. The quantitative estimate of drug-likeness (QED) is 0.115. The molecule has 0 aliphatic heterocycles. The largest absolute Gasteiger partial charge is 0.269 e. The number of nitrogens with zero attached hydrogens (tertiary/aromatic N) is 5. The molecule has 4 aromatic rings. The number of nitrogens with one attached hydrogen (secondary N) is 1. The lowest BCUT2D eigenvalue weighted by atomic mass is 10.0. The summed E-state index contributed by atoms with van der Waals surface area (Å²) in [4.78, 5) is 14.9. The fourth-order valence-corrected chi connectivity index (χ4v) is 3.74. The Hall–Kier alpha value is -3.98. The van der Waals surface area contributed by atoms with Crippen molar-refractivity contribution in [2.75, 3.05) is 5.43 Å². The average molecular weight is 445 g/mol. The second-order valence-corrected chi connectivity index (χ2v) is 8.31. The van der Waals surface area contributed by atoms with Crippen molar-refractivity contribution >= 4 is 43.9 Å². The Labute approximate surface area is 188 Å². The lowest BCUT2D eigenvalue weighted by Gasteiger charge is -2.06. The Balaban J connectivity index is 1.63. The number of rotatable bonds is 6. The molecule has 0 atom stereocenters. The summed E-state index contributed by atoms with van der Waals surface area (Å²) in [5.41, 5.74) is 6.36. The first-order valence-corrected chi connectivity index (χ1v) is 10.8. The highest BCUT2D eigenvalue weighted by Crippen LogP contribution is 2.26. The predicted octanol–water partition coefficient (Wildman–Crippen LogP) is 6.89. The van der Waals surface area contributed by atoms with Crippen LogP contribution in [0.4, 0.5) is 16.5 Å². The van der Waals surface area contributed by atoms with Gasteiger partial charge in [0, 0.05) is 17.7 Å². The first-order chi connectivity index (χ1) is 15.5. The Morgan fingerprint density at radius 2 is 1.75 bits per heavy atom. The lowest BCUT2D eigenvalue weighted by Crippen LogP contribution is -2.01. The molecule has 0 unspecified atom stereocenters. The zero-order valence-electron chi connectivity index (χ0n) is 17.5. The molecule has 0 aliphatic carbocycles. The molecule has 0 radical (unpaired) electrons. The number of hydrogen-bond donors (Lipinski definition) is 1. The number of amidine groups is 1. The van der Waals surface area contributed by atoms with Gasteiger partial charge in [0.2, 0.25) is 11.0 Å². The van der Waals surface area contributed by atoms with Crippen molar-refractivity contribution in [3.05, 3.63) is 94.0 Å². The molecule has 0 aliphatic rings. The van der Waals surface area contributed by atoms with Gasteiger partial charge in [-0.2, -0.15) is 5.10 Å². The molecule has 0 fully saturated rings. The van der Waals surface area contributed by atoms with Crippen molar-refractivity contribution in [3.63, 3.8) is 0 Å². The summed E-state index contributed by atoms with van der Waals surface area (Å²) < 4.78 is 1.06. The summed E-state index contributed by atoms with van der Waals surface area (Å²) in [6.45, 7) is 4.26. The Morgan fingerprint density at radius 1 is 1.03 bits per heavy atom. The minimum atomic E-state index is -0.452. The number of anilines is 1. The number of nitro benzene ring substituents is 1. The van der Waals surface area contributed by atoms with E-state index in [2.05, 4.69) is 39.6 Å². The number of para-hydroxylation sites is 1. The zero-order chi connectivity index (χ0) is 22.5. The van der Waals surface area contributed by atoms with Gasteiger partial charge in [0.25, 0.3) is 5.69 Å². The second-order valence-electron chi connectivity index (χ2n) is 7.28. The molecule has 32 heavy (non-hydrogen) atoms. The van der Waals surface area contributed by atoms with Crippen molar-refractivity contribution in [3.8, 4) is 0 Å². The van der Waals surface area contributed by atoms with Crippen LogP contribution in [0, 0.1) is 10.1 Å². The minimum absolute atomic E-state index is 0.000354. The maximum absolute atomic E-state index is 10.8. The van der Waals surface area contributed by atoms with Crippen molar-refractivity contribution in [1.82, 2.24) is 4.98 Å². The molecule has 0 bridgehead atoms. The molecular formula is C23H20N6O2S. The van der Waals surface area contributed by atoms with E-state index in [9.17, 15) is 10.1 Å². The molecule has 8 nitrogen and oxygen atoms in total. The topological polar surface area (TPSA) is 105 Å². The van der Waals surface area contributed by atoms with E-state index in [-0.39, 0.29) is 5.69 Å². The molecule has 1 aromatic heterocycles. The summed E-state index contributed by atoms with van der Waals surface area (Å²) in [6.07, 6.45) is 0. The van der Waals surface area contributed by atoms with Crippen LogP contribution in [0.25, 0.3) is 10.2 Å². The molecule has 4 rings (SSSR count). The number of azo groups is 1. The number of benzene rings is 3. The molecule has 1 N–H and O–H groups in total. The van der Waals surface area contributed by atoms with Gasteiger partial charge < -0.3 is 0 Å². The molecular weight excluding hydrogens is 424 g/mol. The molecule has 0 saturated carbocycles. The summed E-state index contributed by atoms with van der Waals surface area (Å²) in [5, 5.41) is 24.4. The third-order valence-electron chi connectivity index (χ3n) is 4.71. The number of nitro groups is 1. The standard InChI is InChI=1S/C23H20N6O2S/c1-15(2)16-7-9-17(10-8-16)22(26-25-18-11-13-19(14-12-18)29(30)31)27-28-23-24-20-5-3-4-6-21(20)32-23/h3-15H,1-2H3,(H,24,28). The van der Waals surface area contributed by atoms with Gasteiger partial charge in [0.05, 0.1) is 20.8 Å². The number of fused-ring (bicyclic) bond motifs is 1. The van der Waals surface area contributed by atoms with Gasteiger partial charge >= 0.3 is 0 Å². The maximum Gasteiger partial charge on any atom is 0.269 e. The highest BCUT2D eigenvalue weighted by Gasteiger charge is 2.08. The van der Waals surface area contributed by atoms with Crippen LogP contribution in [0.1, 0.15) is 30.9 Å². The third kappa shape index (κ3) is 5.01. The number of aromatic nitrogens is 1. The normalized spacial score (nSPS) is 12.0. The fraction of sp³-hybridized carbons (Fsp3) is 0.130. The van der Waals surface area contributed by atoms with Crippen LogP contribution in [0.2, 0.25) is 0 Å². The van der Waals surface area contributed by atoms with E-state index < -0.39 is 4.92 Å². The van der Waals surface area contributed by atoms with Crippen LogP contribution in [-0.4, -0.2) is 15.7 Å². The number of hydrogen-bond acceptors (Lipinski definition) is 7. The van der Waals surface area contributed by atoms with Crippen LogP contribution in [0.15, 0.2) is 88.1 Å². The van der Waals surface area contributed by atoms with Crippen molar-refractivity contribution in [2.24, 2.45) is 15.3 Å². The average Bonchev–Trinajstić information content (AvgIpc) is 3.22. The second kappa shape index (κ2) is 9.44. The van der Waals surface area contributed by atoms with E-state index in [0.717, 1.165) is 15.8 Å². The molecule has 0 saturated heterocycles. The molecule has 9 heteroatoms. The van der Waals surface area contributed by atoms with E-state index in [1.807, 2.05) is 48.5 Å². The van der Waals surface area contributed by atoms with Crippen LogP contribution < -0.4 is 5.43 Å². The molecule has 0 amide bonds. The highest BCUT2D eigenvalue weighted by atomic mass is 32.1. The van der Waals surface area contributed by atoms with Gasteiger partial charge in [-0.1, -0.05) is 61.6 Å². The fourth-order valence-electron chi connectivity index (χ4n) is 2.93. The van der Waals surface area contributed by atoms with E-state index in [0.29, 0.717) is 22.6 Å². The summed E-state index contributed by atoms with van der Waals surface area (Å²) in [7, 11) is 0. The first kappa shape index (κ1) is 21.3. The van der Waals surface area contributed by atoms with Crippen LogP contribution in [0.5, 0.6) is 0 Å². The van der Waals surface area contributed by atoms with Crippen LogP contribution >= 0.6 is 11.3 Å². The third-order valence-corrected chi connectivity index (χ3v) is 5.65. The first-order valence-electron chi connectivity index (χ1n) is 9.95. The van der Waals surface area contributed by atoms with Gasteiger partial charge in [-0.25, -0.2) is 4.98 Å². The summed E-state index contributed by atoms with van der Waals surface area (Å²) >= 11 is 1.49. The molecule has 1 heterocycles. The SMILES string of the molecule is CC(C)c1ccc(C(N=Nc2ccc([N+](=O)[O-])cc2)=NNc2nc3ccccc3s2)cc1. The summed E-state index contributed by atoms with van der Waals surface area (Å²) in [6, 6.07) is 21.7. The zero-order valence-corrected chi connectivity index (χ0v) is 18.3. The lowest BCUT2D eigenvalue weighted by molar-refractivity contribution is -0.384. The van der Waals surface area contributed by atoms with Gasteiger partial charge in [-0.15, -0.1) is 10.2 Å². The molecule has 3 aromatic carbocycles. The van der Waals surface area contributed by atoms with Gasteiger partial charge in [-0.3, -0.25) is 15.5 Å². The van der Waals surface area contributed by atoms with E-state index in [1.54, 1.807) is 12.1 Å². The van der Waals surface area contributed by atoms with Gasteiger partial charge in [-0.05, 0) is 35.7 Å². The van der Waals surface area contributed by atoms with Crippen molar-refractivity contribution in [1.29, 1.82) is 0 Å². The van der Waals surface area contributed by atoms with E-state index in [4.69, 9.17) is 0 Å². The van der Waals surface area contributed by atoms with Crippen molar-refractivity contribution in [2.45, 2.75) is 19.8 Å². The summed E-state index contributed by atoms with van der Waals surface area (Å²) in [5.74, 6) is 0.782. The maximum atomic E-state index is 10.8. The number of hydrazone groups is 1. The smallest absolute Gasteiger partial charge is 0.258 e. The van der Waals surface area contributed by atoms with E-state index >= 15 is 0 Å². The van der Waals surface area contributed by atoms with Crippen LogP contribution in [-0.2, 0) is 0 Å². The number of non-ortho nitro benzene ring substituents is 1.